The van der Waals surface area contributed by atoms with Gasteiger partial charge in [-0.15, -0.1) is 11.3 Å². The van der Waals surface area contributed by atoms with Gasteiger partial charge in [0, 0.05) is 19.5 Å². The summed E-state index contributed by atoms with van der Waals surface area (Å²) < 4.78 is 6.95. The molecule has 0 N–H and O–H groups in total. The minimum atomic E-state index is -0.560. The molecule has 0 radical (unpaired) electrons. The lowest BCUT2D eigenvalue weighted by Gasteiger charge is -1.94. The molecule has 0 aliphatic rings. The van der Waals surface area contributed by atoms with Gasteiger partial charge in [0.05, 0.1) is 11.8 Å². The molecule has 0 aromatic carbocycles. The molecule has 0 saturated carbocycles. The Balaban J connectivity index is 2.24. The maximum absolute atomic E-state index is 10.5. The predicted octanol–water partition coefficient (Wildman–Crippen LogP) is 2.29. The third-order valence-electron chi connectivity index (χ3n) is 2.36. The van der Waals surface area contributed by atoms with Crippen molar-refractivity contribution in [1.82, 2.24) is 4.57 Å². The van der Waals surface area contributed by atoms with Crippen molar-refractivity contribution in [2.75, 3.05) is 7.05 Å². The summed E-state index contributed by atoms with van der Waals surface area (Å²) in [6, 6.07) is 2.90. The molecule has 2 aromatic heterocycles. The van der Waals surface area contributed by atoms with Gasteiger partial charge in [0.1, 0.15) is 10.7 Å². The minimum absolute atomic E-state index is 0.256. The van der Waals surface area contributed by atoms with E-state index in [1.54, 1.807) is 19.2 Å². The van der Waals surface area contributed by atoms with E-state index in [1.165, 1.54) is 17.4 Å². The van der Waals surface area contributed by atoms with E-state index in [-0.39, 0.29) is 5.88 Å². The molecule has 6 nitrogen and oxygen atoms in total. The molecule has 0 bridgehead atoms. The van der Waals surface area contributed by atoms with Crippen LogP contribution in [0.15, 0.2) is 26.9 Å². The van der Waals surface area contributed by atoms with Crippen LogP contribution in [0.25, 0.3) is 12.2 Å². The monoisotopic (exact) mass is 265 g/mol. The van der Waals surface area contributed by atoms with Crippen LogP contribution in [0, 0.1) is 10.1 Å². The van der Waals surface area contributed by atoms with E-state index in [4.69, 9.17) is 4.42 Å². The van der Waals surface area contributed by atoms with Crippen molar-refractivity contribution in [2.24, 2.45) is 12.0 Å². The molecule has 2 aromatic rings. The third kappa shape index (κ3) is 2.40. The molecule has 0 saturated heterocycles. The first-order valence-corrected chi connectivity index (χ1v) is 5.99. The van der Waals surface area contributed by atoms with Gasteiger partial charge in [-0.2, -0.15) is 0 Å². The van der Waals surface area contributed by atoms with Crippen LogP contribution in [0.1, 0.15) is 11.5 Å². The number of aromatic nitrogens is 1. The normalized spacial score (nSPS) is 12.4. The molecular formula is C11H11N3O3S. The summed E-state index contributed by atoms with van der Waals surface area (Å²) in [4.78, 5) is 14.9. The lowest BCUT2D eigenvalue weighted by molar-refractivity contribution is -0.402. The second-order valence-electron chi connectivity index (χ2n) is 3.49. The third-order valence-corrected chi connectivity index (χ3v) is 3.39. The molecule has 7 heteroatoms. The first-order chi connectivity index (χ1) is 8.61. The highest BCUT2D eigenvalue weighted by molar-refractivity contribution is 7.07. The number of thiazole rings is 1. The van der Waals surface area contributed by atoms with E-state index >= 15 is 0 Å². The lowest BCUT2D eigenvalue weighted by Crippen LogP contribution is -2.10. The highest BCUT2D eigenvalue weighted by Crippen LogP contribution is 2.17. The SMILES string of the molecule is CN=c1scc(/C=C\c2ccc([N+](=O)[O-])o2)n1C. The minimum Gasteiger partial charge on any atom is -0.401 e. The zero-order valence-corrected chi connectivity index (χ0v) is 10.7. The maximum Gasteiger partial charge on any atom is 0.433 e. The molecule has 0 fully saturated rings. The van der Waals surface area contributed by atoms with Gasteiger partial charge in [-0.1, -0.05) is 0 Å². The molecule has 2 rings (SSSR count). The van der Waals surface area contributed by atoms with Crippen molar-refractivity contribution in [3.63, 3.8) is 0 Å². The smallest absolute Gasteiger partial charge is 0.401 e. The summed E-state index contributed by atoms with van der Waals surface area (Å²) in [5, 5.41) is 12.4. The topological polar surface area (TPSA) is 73.6 Å². The van der Waals surface area contributed by atoms with E-state index < -0.39 is 4.92 Å². The van der Waals surface area contributed by atoms with Gasteiger partial charge < -0.3 is 8.98 Å². The van der Waals surface area contributed by atoms with E-state index in [9.17, 15) is 10.1 Å². The average molecular weight is 265 g/mol. The van der Waals surface area contributed by atoms with Crippen LogP contribution < -0.4 is 4.80 Å². The molecule has 0 atom stereocenters. The van der Waals surface area contributed by atoms with Gasteiger partial charge in [0.2, 0.25) is 0 Å². The largest absolute Gasteiger partial charge is 0.433 e. The summed E-state index contributed by atoms with van der Waals surface area (Å²) in [6.45, 7) is 0. The molecule has 18 heavy (non-hydrogen) atoms. The van der Waals surface area contributed by atoms with Crippen molar-refractivity contribution in [3.8, 4) is 0 Å². The molecule has 94 valence electrons. The standard InChI is InChI=1S/C11H11N3O3S/c1-12-11-13(2)8(7-18-11)3-4-9-5-6-10(17-9)14(15)16/h3-7H,1-2H3/b4-3-,12-11?. The van der Waals surface area contributed by atoms with Gasteiger partial charge in [0.25, 0.3) is 0 Å². The molecule has 2 heterocycles. The number of hydrogen-bond acceptors (Lipinski definition) is 5. The van der Waals surface area contributed by atoms with Crippen LogP contribution in [-0.4, -0.2) is 16.5 Å². The highest BCUT2D eigenvalue weighted by atomic mass is 32.1. The fourth-order valence-corrected chi connectivity index (χ4v) is 2.26. The van der Waals surface area contributed by atoms with Crippen molar-refractivity contribution in [2.45, 2.75) is 0 Å². The Labute approximate surface area is 107 Å². The molecule has 0 aliphatic carbocycles. The number of rotatable bonds is 3. The van der Waals surface area contributed by atoms with Crippen molar-refractivity contribution < 1.29 is 9.34 Å². The van der Waals surface area contributed by atoms with Crippen LogP contribution in [-0.2, 0) is 7.05 Å². The van der Waals surface area contributed by atoms with E-state index in [2.05, 4.69) is 4.99 Å². The Hall–Kier alpha value is -2.15. The van der Waals surface area contributed by atoms with Crippen molar-refractivity contribution in [3.05, 3.63) is 43.9 Å². The van der Waals surface area contributed by atoms with Gasteiger partial charge in [-0.25, -0.2) is 0 Å². The van der Waals surface area contributed by atoms with Gasteiger partial charge >= 0.3 is 5.88 Å². The Morgan fingerprint density at radius 2 is 2.28 bits per heavy atom. The van der Waals surface area contributed by atoms with Crippen LogP contribution in [0.4, 0.5) is 5.88 Å². The Morgan fingerprint density at radius 3 is 2.83 bits per heavy atom. The summed E-state index contributed by atoms with van der Waals surface area (Å²) in [5.41, 5.74) is 0.958. The van der Waals surface area contributed by atoms with Crippen LogP contribution >= 0.6 is 11.3 Å². The van der Waals surface area contributed by atoms with Gasteiger partial charge in [-0.05, 0) is 18.2 Å². The van der Waals surface area contributed by atoms with E-state index in [0.717, 1.165) is 10.5 Å². The summed E-state index contributed by atoms with van der Waals surface area (Å²) >= 11 is 1.53. The second-order valence-corrected chi connectivity index (χ2v) is 4.33. The first-order valence-electron chi connectivity index (χ1n) is 5.11. The fourth-order valence-electron chi connectivity index (χ4n) is 1.43. The zero-order valence-electron chi connectivity index (χ0n) is 9.86. The highest BCUT2D eigenvalue weighted by Gasteiger charge is 2.09. The van der Waals surface area contributed by atoms with Gasteiger partial charge in [0.15, 0.2) is 4.80 Å². The summed E-state index contributed by atoms with van der Waals surface area (Å²) in [5.74, 6) is 0.191. The number of hydrogen-bond donors (Lipinski definition) is 0. The van der Waals surface area contributed by atoms with Crippen molar-refractivity contribution in [1.29, 1.82) is 0 Å². The summed E-state index contributed by atoms with van der Waals surface area (Å²) in [7, 11) is 3.64. The van der Waals surface area contributed by atoms with Crippen LogP contribution in [0.5, 0.6) is 0 Å². The van der Waals surface area contributed by atoms with Crippen molar-refractivity contribution >= 4 is 29.4 Å². The molecule has 0 amide bonds. The van der Waals surface area contributed by atoms with E-state index in [1.807, 2.05) is 23.1 Å². The maximum atomic E-state index is 10.5. The fraction of sp³-hybridized carbons (Fsp3) is 0.182. The molecule has 0 unspecified atom stereocenters. The average Bonchev–Trinajstić information content (AvgIpc) is 2.93. The van der Waals surface area contributed by atoms with Crippen LogP contribution in [0.3, 0.4) is 0 Å². The Kier molecular flexibility index (Phi) is 3.42. The van der Waals surface area contributed by atoms with Crippen LogP contribution in [0.2, 0.25) is 0 Å². The first kappa shape index (κ1) is 12.3. The Bertz CT molecular complexity index is 663. The quantitative estimate of drug-likeness (QED) is 0.631. The lowest BCUT2D eigenvalue weighted by atomic mass is 10.3. The van der Waals surface area contributed by atoms with E-state index in [0.29, 0.717) is 5.76 Å². The molecule has 0 spiro atoms. The number of nitrogens with zero attached hydrogens (tertiary/aromatic N) is 3. The molecular weight excluding hydrogens is 254 g/mol. The predicted molar refractivity (Wildman–Crippen MR) is 69.1 cm³/mol. The second kappa shape index (κ2) is 5.01. The summed E-state index contributed by atoms with van der Waals surface area (Å²) in [6.07, 6.45) is 3.52. The number of furan rings is 1. The molecule has 0 aliphatic heterocycles. The Morgan fingerprint density at radius 1 is 1.50 bits per heavy atom. The zero-order chi connectivity index (χ0) is 13.1. The number of nitro groups is 1. The van der Waals surface area contributed by atoms with Gasteiger partial charge in [-0.3, -0.25) is 15.1 Å².